The van der Waals surface area contributed by atoms with Crippen molar-refractivity contribution in [2.75, 3.05) is 18.5 Å². The van der Waals surface area contributed by atoms with Gasteiger partial charge in [-0.1, -0.05) is 48.0 Å². The van der Waals surface area contributed by atoms with Crippen LogP contribution in [0.25, 0.3) is 10.8 Å². The molecule has 0 radical (unpaired) electrons. The number of benzene rings is 3. The van der Waals surface area contributed by atoms with Crippen molar-refractivity contribution in [3.8, 4) is 0 Å². The first-order chi connectivity index (χ1) is 12.5. The van der Waals surface area contributed by atoms with Crippen LogP contribution in [0.4, 0.5) is 5.69 Å². The first-order valence-electron chi connectivity index (χ1n) is 8.65. The highest BCUT2D eigenvalue weighted by Crippen LogP contribution is 2.16. The maximum absolute atomic E-state index is 12.3. The average Bonchev–Trinajstić information content (AvgIpc) is 2.67. The third-order valence-corrected chi connectivity index (χ3v) is 4.43. The number of rotatable bonds is 5. The average molecular weight is 346 g/mol. The summed E-state index contributed by atoms with van der Waals surface area (Å²) in [6.07, 6.45) is 0.254. The quantitative estimate of drug-likeness (QED) is 0.761. The molecule has 0 unspecified atom stereocenters. The predicted molar refractivity (Wildman–Crippen MR) is 105 cm³/mol. The minimum atomic E-state index is -0.165. The van der Waals surface area contributed by atoms with Crippen LogP contribution in [0, 0.1) is 6.92 Å². The van der Waals surface area contributed by atoms with Crippen molar-refractivity contribution in [3.05, 3.63) is 77.9 Å². The van der Waals surface area contributed by atoms with E-state index >= 15 is 0 Å². The number of aryl methyl sites for hydroxylation is 1. The number of carbonyl (C=O) groups is 2. The van der Waals surface area contributed by atoms with E-state index in [-0.39, 0.29) is 18.2 Å². The number of anilines is 1. The van der Waals surface area contributed by atoms with Gasteiger partial charge in [-0.3, -0.25) is 9.59 Å². The van der Waals surface area contributed by atoms with Crippen molar-refractivity contribution in [2.24, 2.45) is 0 Å². The predicted octanol–water partition coefficient (Wildman–Crippen LogP) is 3.93. The second-order valence-corrected chi connectivity index (χ2v) is 6.36. The Hall–Kier alpha value is -3.14. The lowest BCUT2D eigenvalue weighted by molar-refractivity contribution is -0.118. The number of carbonyl (C=O) groups excluding carboxylic acids is 2. The molecule has 0 bridgehead atoms. The van der Waals surface area contributed by atoms with Gasteiger partial charge in [0.15, 0.2) is 0 Å². The number of fused-ring (bicyclic) bond motifs is 1. The van der Waals surface area contributed by atoms with E-state index in [0.717, 1.165) is 22.0 Å². The molecule has 0 saturated heterocycles. The molecule has 0 spiro atoms. The number of hydrogen-bond acceptors (Lipinski definition) is 2. The normalized spacial score (nSPS) is 10.5. The van der Waals surface area contributed by atoms with E-state index < -0.39 is 0 Å². The summed E-state index contributed by atoms with van der Waals surface area (Å²) in [5.41, 5.74) is 2.60. The molecule has 4 heteroatoms. The van der Waals surface area contributed by atoms with Gasteiger partial charge in [-0.2, -0.15) is 0 Å². The smallest absolute Gasteiger partial charge is 0.251 e. The molecule has 2 amide bonds. The zero-order valence-corrected chi connectivity index (χ0v) is 15.0. The van der Waals surface area contributed by atoms with Crippen LogP contribution in [0.3, 0.4) is 0 Å². The minimum absolute atomic E-state index is 0.0346. The second-order valence-electron chi connectivity index (χ2n) is 6.36. The molecular weight excluding hydrogens is 324 g/mol. The van der Waals surface area contributed by atoms with Crippen LogP contribution in [0.2, 0.25) is 0 Å². The van der Waals surface area contributed by atoms with Crippen LogP contribution >= 0.6 is 0 Å². The first kappa shape index (κ1) is 17.7. The summed E-state index contributed by atoms with van der Waals surface area (Å²) in [5, 5.41) is 4.94. The van der Waals surface area contributed by atoms with Crippen LogP contribution < -0.4 is 10.2 Å². The van der Waals surface area contributed by atoms with E-state index in [1.54, 1.807) is 18.0 Å². The van der Waals surface area contributed by atoms with Gasteiger partial charge in [0.2, 0.25) is 5.91 Å². The molecule has 4 nitrogen and oxygen atoms in total. The summed E-state index contributed by atoms with van der Waals surface area (Å²) < 4.78 is 0. The Morgan fingerprint density at radius 1 is 0.923 bits per heavy atom. The molecule has 0 aromatic heterocycles. The Bertz CT molecular complexity index is 932. The Morgan fingerprint density at radius 3 is 2.35 bits per heavy atom. The Kier molecular flexibility index (Phi) is 5.32. The number of nitrogens with one attached hydrogen (secondary N) is 1. The van der Waals surface area contributed by atoms with Gasteiger partial charge in [-0.25, -0.2) is 0 Å². The fraction of sp³-hybridized carbons (Fsp3) is 0.182. The van der Waals surface area contributed by atoms with E-state index in [0.29, 0.717) is 12.1 Å². The van der Waals surface area contributed by atoms with E-state index in [4.69, 9.17) is 0 Å². The van der Waals surface area contributed by atoms with E-state index in [1.807, 2.05) is 67.6 Å². The Balaban J connectivity index is 1.55. The van der Waals surface area contributed by atoms with Crippen LogP contribution in [-0.4, -0.2) is 25.4 Å². The molecule has 0 aliphatic carbocycles. The van der Waals surface area contributed by atoms with Crippen LogP contribution in [-0.2, 0) is 4.79 Å². The molecule has 3 aromatic rings. The lowest BCUT2D eigenvalue weighted by Crippen LogP contribution is -2.32. The van der Waals surface area contributed by atoms with Crippen LogP contribution in [0.1, 0.15) is 22.3 Å². The van der Waals surface area contributed by atoms with Gasteiger partial charge in [-0.15, -0.1) is 0 Å². The fourth-order valence-electron chi connectivity index (χ4n) is 2.80. The molecule has 0 aliphatic rings. The summed E-state index contributed by atoms with van der Waals surface area (Å²) in [5.74, 6) is -0.200. The third-order valence-electron chi connectivity index (χ3n) is 4.43. The summed E-state index contributed by atoms with van der Waals surface area (Å²) >= 11 is 0. The molecule has 0 aliphatic heterocycles. The zero-order chi connectivity index (χ0) is 18.5. The maximum Gasteiger partial charge on any atom is 0.251 e. The van der Waals surface area contributed by atoms with Crippen LogP contribution in [0.15, 0.2) is 66.7 Å². The van der Waals surface area contributed by atoms with Gasteiger partial charge >= 0.3 is 0 Å². The van der Waals surface area contributed by atoms with Gasteiger partial charge in [0.05, 0.1) is 0 Å². The van der Waals surface area contributed by atoms with Crippen molar-refractivity contribution in [1.82, 2.24) is 5.32 Å². The molecule has 26 heavy (non-hydrogen) atoms. The lowest BCUT2D eigenvalue weighted by atomic mass is 10.1. The molecule has 132 valence electrons. The van der Waals surface area contributed by atoms with Gasteiger partial charge in [0.1, 0.15) is 0 Å². The highest BCUT2D eigenvalue weighted by Gasteiger charge is 2.12. The maximum atomic E-state index is 12.3. The lowest BCUT2D eigenvalue weighted by Gasteiger charge is -2.17. The summed E-state index contributed by atoms with van der Waals surface area (Å²) in [4.78, 5) is 26.2. The van der Waals surface area contributed by atoms with Crippen molar-refractivity contribution in [1.29, 1.82) is 0 Å². The molecule has 0 heterocycles. The summed E-state index contributed by atoms with van der Waals surface area (Å²) in [7, 11) is 1.75. The van der Waals surface area contributed by atoms with Gasteiger partial charge in [0, 0.05) is 31.3 Å². The molecule has 3 rings (SSSR count). The van der Waals surface area contributed by atoms with Crippen molar-refractivity contribution in [3.63, 3.8) is 0 Å². The molecule has 1 N–H and O–H groups in total. The van der Waals surface area contributed by atoms with Gasteiger partial charge < -0.3 is 10.2 Å². The zero-order valence-electron chi connectivity index (χ0n) is 15.0. The fourth-order valence-corrected chi connectivity index (χ4v) is 2.80. The molecular formula is C22H22N2O2. The SMILES string of the molecule is Cc1ccc(N(C)C(=O)CCNC(=O)c2ccc3ccccc3c2)cc1. The number of nitrogens with zero attached hydrogens (tertiary/aromatic N) is 1. The number of hydrogen-bond donors (Lipinski definition) is 1. The second kappa shape index (κ2) is 7.83. The summed E-state index contributed by atoms with van der Waals surface area (Å²) in [6.45, 7) is 2.31. The number of amides is 2. The molecule has 0 fully saturated rings. The van der Waals surface area contributed by atoms with Crippen molar-refractivity contribution in [2.45, 2.75) is 13.3 Å². The van der Waals surface area contributed by atoms with Gasteiger partial charge in [-0.05, 0) is 42.0 Å². The Morgan fingerprint density at radius 2 is 1.62 bits per heavy atom. The Labute approximate surface area is 153 Å². The third kappa shape index (κ3) is 4.09. The van der Waals surface area contributed by atoms with E-state index in [1.165, 1.54) is 0 Å². The first-order valence-corrected chi connectivity index (χ1v) is 8.65. The van der Waals surface area contributed by atoms with E-state index in [9.17, 15) is 9.59 Å². The van der Waals surface area contributed by atoms with Gasteiger partial charge in [0.25, 0.3) is 5.91 Å². The van der Waals surface area contributed by atoms with E-state index in [2.05, 4.69) is 5.32 Å². The monoisotopic (exact) mass is 346 g/mol. The summed E-state index contributed by atoms with van der Waals surface area (Å²) in [6, 6.07) is 21.3. The topological polar surface area (TPSA) is 49.4 Å². The highest BCUT2D eigenvalue weighted by molar-refractivity contribution is 5.99. The highest BCUT2D eigenvalue weighted by atomic mass is 16.2. The van der Waals surface area contributed by atoms with Crippen LogP contribution in [0.5, 0.6) is 0 Å². The largest absolute Gasteiger partial charge is 0.352 e. The van der Waals surface area contributed by atoms with Crippen molar-refractivity contribution >= 4 is 28.3 Å². The van der Waals surface area contributed by atoms with Crippen molar-refractivity contribution < 1.29 is 9.59 Å². The standard InChI is InChI=1S/C22H22N2O2/c1-16-7-11-20(12-8-16)24(2)21(25)13-14-23-22(26)19-10-9-17-5-3-4-6-18(17)15-19/h3-12,15H,13-14H2,1-2H3,(H,23,26). The molecule has 0 saturated carbocycles. The molecule has 3 aromatic carbocycles. The minimum Gasteiger partial charge on any atom is -0.352 e. The molecule has 0 atom stereocenters.